The Hall–Kier alpha value is -0.950. The van der Waals surface area contributed by atoms with E-state index in [1.807, 2.05) is 0 Å². The molecule has 0 amide bonds. The van der Waals surface area contributed by atoms with Crippen LogP contribution in [0.2, 0.25) is 0 Å². The summed E-state index contributed by atoms with van der Waals surface area (Å²) in [6.07, 6.45) is 0. The molecule has 0 bridgehead atoms. The molecule has 0 aliphatic carbocycles. The van der Waals surface area contributed by atoms with Gasteiger partial charge in [-0.05, 0) is 0 Å². The Labute approximate surface area is 80.3 Å². The molecule has 0 aromatic heterocycles. The summed E-state index contributed by atoms with van der Waals surface area (Å²) in [6, 6.07) is 16.7. The second kappa shape index (κ2) is 3.20. The van der Waals surface area contributed by atoms with Crippen LogP contribution in [0.1, 0.15) is 0 Å². The minimum Gasteiger partial charge on any atom is -0.152 e. The van der Waals surface area contributed by atoms with Gasteiger partial charge in [-0.25, -0.2) is 0 Å². The summed E-state index contributed by atoms with van der Waals surface area (Å²) >= 11 is 3.41. The minimum atomic E-state index is 1.12. The molecule has 2 aromatic rings. The average Bonchev–Trinajstić information content (AvgIpc) is 2.58. The molecule has 0 nitrogen and oxygen atoms in total. The molecule has 0 fully saturated rings. The van der Waals surface area contributed by atoms with Crippen LogP contribution in [0.5, 0.6) is 0 Å². The Morgan fingerprint density at radius 3 is 2.08 bits per heavy atom. The summed E-state index contributed by atoms with van der Waals surface area (Å²) < 4.78 is 1.12. The third-order valence-electron chi connectivity index (χ3n) is 1.84. The topological polar surface area (TPSA) is 0 Å². The van der Waals surface area contributed by atoms with Crippen LogP contribution in [0.4, 0.5) is 0 Å². The van der Waals surface area contributed by atoms with Crippen LogP contribution in [-0.2, 0) is 0 Å². The van der Waals surface area contributed by atoms with E-state index in [2.05, 4.69) is 64.5 Å². The molecule has 0 heterocycles. The van der Waals surface area contributed by atoms with Crippen molar-refractivity contribution in [1.29, 1.82) is 0 Å². The monoisotopic (exact) mass is 219 g/mol. The first-order valence-corrected chi connectivity index (χ1v) is 4.63. The Morgan fingerprint density at radius 1 is 0.917 bits per heavy atom. The molecule has 0 radical (unpaired) electrons. The van der Waals surface area contributed by atoms with Gasteiger partial charge < -0.3 is 0 Å². The van der Waals surface area contributed by atoms with Crippen molar-refractivity contribution in [2.24, 2.45) is 0 Å². The zero-order valence-corrected chi connectivity index (χ0v) is 8.08. The van der Waals surface area contributed by atoms with E-state index in [0.29, 0.717) is 0 Å². The van der Waals surface area contributed by atoms with Gasteiger partial charge in [0.15, 0.2) is 0 Å². The van der Waals surface area contributed by atoms with Gasteiger partial charge in [-0.3, -0.25) is 0 Å². The molecular weight excluding hydrogens is 212 g/mol. The van der Waals surface area contributed by atoms with E-state index < -0.39 is 0 Å². The maximum absolute atomic E-state index is 3.41. The number of hydrogen-bond acceptors (Lipinski definition) is 0. The quantitative estimate of drug-likeness (QED) is 0.640. The van der Waals surface area contributed by atoms with Gasteiger partial charge in [0.1, 0.15) is 0 Å². The van der Waals surface area contributed by atoms with Crippen molar-refractivity contribution in [2.45, 2.75) is 0 Å². The summed E-state index contributed by atoms with van der Waals surface area (Å²) in [7, 11) is 0. The van der Waals surface area contributed by atoms with Crippen LogP contribution in [0.25, 0.3) is 11.1 Å². The van der Waals surface area contributed by atoms with Gasteiger partial charge in [0, 0.05) is 4.47 Å². The fraction of sp³-hybridized carbons (Fsp3) is 0. The molecule has 2 rings (SSSR count). The Bertz CT molecular complexity index is 343. The van der Waals surface area contributed by atoms with Crippen molar-refractivity contribution < 1.29 is 0 Å². The molecule has 0 spiro atoms. The highest BCUT2D eigenvalue weighted by Gasteiger charge is 1.88. The largest absolute Gasteiger partial charge is 0.152 e. The lowest BCUT2D eigenvalue weighted by Crippen LogP contribution is -1.71. The number of rotatable bonds is 1. The molecule has 0 saturated carbocycles. The summed E-state index contributed by atoms with van der Waals surface area (Å²) in [5.74, 6) is 0. The Balaban J connectivity index is 2.43. The van der Waals surface area contributed by atoms with Crippen molar-refractivity contribution in [2.75, 3.05) is 0 Å². The highest BCUT2D eigenvalue weighted by atomic mass is 79.9. The predicted molar refractivity (Wildman–Crippen MR) is 55.2 cm³/mol. The average molecular weight is 220 g/mol. The molecule has 0 atom stereocenters. The molecule has 0 saturated heterocycles. The van der Waals surface area contributed by atoms with E-state index in [0.717, 1.165) is 4.47 Å². The van der Waals surface area contributed by atoms with Gasteiger partial charge in [0.05, 0.1) is 0 Å². The first-order valence-electron chi connectivity index (χ1n) is 3.84. The standard InChI is InChI=1S/C11H8Br/c12-11-7-5-10(6-8-11)9-3-1-2-4-9/h1-8H/q-1. The highest BCUT2D eigenvalue weighted by molar-refractivity contribution is 9.10. The first kappa shape index (κ1) is 7.69. The number of hydrogen-bond donors (Lipinski definition) is 0. The van der Waals surface area contributed by atoms with E-state index in [1.165, 1.54) is 11.1 Å². The molecule has 2 aromatic carbocycles. The van der Waals surface area contributed by atoms with Gasteiger partial charge in [-0.1, -0.05) is 33.6 Å². The second-order valence-electron chi connectivity index (χ2n) is 2.68. The van der Waals surface area contributed by atoms with Crippen molar-refractivity contribution in [3.05, 3.63) is 53.0 Å². The lowest BCUT2D eigenvalue weighted by molar-refractivity contribution is 1.63. The van der Waals surface area contributed by atoms with E-state index in [9.17, 15) is 0 Å². The summed E-state index contributed by atoms with van der Waals surface area (Å²) in [4.78, 5) is 0. The molecule has 0 aliphatic rings. The summed E-state index contributed by atoms with van der Waals surface area (Å²) in [5.41, 5.74) is 2.55. The molecular formula is C11H8Br-. The van der Waals surface area contributed by atoms with E-state index in [-0.39, 0.29) is 0 Å². The number of benzene rings is 1. The molecule has 0 unspecified atom stereocenters. The summed E-state index contributed by atoms with van der Waals surface area (Å²) in [5, 5.41) is 0. The van der Waals surface area contributed by atoms with Gasteiger partial charge >= 0.3 is 0 Å². The zero-order valence-electron chi connectivity index (χ0n) is 6.50. The van der Waals surface area contributed by atoms with E-state index >= 15 is 0 Å². The predicted octanol–water partition coefficient (Wildman–Crippen LogP) is 3.84. The van der Waals surface area contributed by atoms with Gasteiger partial charge in [-0.15, -0.1) is 29.8 Å². The molecule has 60 valence electrons. The van der Waals surface area contributed by atoms with Crippen LogP contribution in [0, 0.1) is 0 Å². The molecule has 12 heavy (non-hydrogen) atoms. The lowest BCUT2D eigenvalue weighted by atomic mass is 10.1. The number of halogens is 1. The van der Waals surface area contributed by atoms with Gasteiger partial charge in [0.25, 0.3) is 0 Å². The zero-order chi connectivity index (χ0) is 8.39. The maximum Gasteiger partial charge on any atom is 0.00273 e. The van der Waals surface area contributed by atoms with Crippen LogP contribution in [0.15, 0.2) is 53.0 Å². The van der Waals surface area contributed by atoms with Gasteiger partial charge in [0.2, 0.25) is 0 Å². The fourth-order valence-electron chi connectivity index (χ4n) is 1.21. The van der Waals surface area contributed by atoms with Crippen molar-refractivity contribution >= 4 is 15.9 Å². The van der Waals surface area contributed by atoms with Crippen LogP contribution in [-0.4, -0.2) is 0 Å². The SMILES string of the molecule is Brc1ccc(-[c-]2cccc2)cc1. The highest BCUT2D eigenvalue weighted by Crippen LogP contribution is 2.21. The molecule has 0 aliphatic heterocycles. The van der Waals surface area contributed by atoms with Crippen molar-refractivity contribution in [3.8, 4) is 11.1 Å². The summed E-state index contributed by atoms with van der Waals surface area (Å²) in [6.45, 7) is 0. The first-order chi connectivity index (χ1) is 5.86. The third kappa shape index (κ3) is 1.46. The van der Waals surface area contributed by atoms with Crippen LogP contribution in [0.3, 0.4) is 0 Å². The smallest absolute Gasteiger partial charge is 0.00273 e. The van der Waals surface area contributed by atoms with Crippen molar-refractivity contribution in [3.63, 3.8) is 0 Å². The lowest BCUT2D eigenvalue weighted by Gasteiger charge is -2.03. The second-order valence-corrected chi connectivity index (χ2v) is 3.60. The minimum absolute atomic E-state index is 1.12. The fourth-order valence-corrected chi connectivity index (χ4v) is 1.47. The normalized spacial score (nSPS) is 10.1. The third-order valence-corrected chi connectivity index (χ3v) is 2.37. The molecule has 1 heteroatoms. The van der Waals surface area contributed by atoms with E-state index in [1.54, 1.807) is 0 Å². The Kier molecular flexibility index (Phi) is 2.05. The van der Waals surface area contributed by atoms with E-state index in [4.69, 9.17) is 0 Å². The van der Waals surface area contributed by atoms with Gasteiger partial charge in [-0.2, -0.15) is 12.1 Å². The van der Waals surface area contributed by atoms with Crippen LogP contribution < -0.4 is 0 Å². The maximum atomic E-state index is 3.41. The molecule has 0 N–H and O–H groups in total. The van der Waals surface area contributed by atoms with Crippen LogP contribution >= 0.6 is 15.9 Å². The Morgan fingerprint density at radius 2 is 1.50 bits per heavy atom. The van der Waals surface area contributed by atoms with Crippen molar-refractivity contribution in [1.82, 2.24) is 0 Å².